The minimum Gasteiger partial charge on any atom is -0.383 e. The van der Waals surface area contributed by atoms with Gasteiger partial charge in [-0.1, -0.05) is 11.6 Å². The Hall–Kier alpha value is -1.72. The largest absolute Gasteiger partial charge is 0.383 e. The Kier molecular flexibility index (Phi) is 8.20. The van der Waals surface area contributed by atoms with Crippen molar-refractivity contribution in [1.29, 1.82) is 0 Å². The molecule has 9 nitrogen and oxygen atoms in total. The first-order chi connectivity index (χ1) is 13.2. The molecule has 1 aromatic rings. The van der Waals surface area contributed by atoms with Crippen LogP contribution in [0.15, 0.2) is 29.2 Å². The van der Waals surface area contributed by atoms with Gasteiger partial charge in [-0.2, -0.15) is 4.31 Å². The molecule has 0 aromatic heterocycles. The van der Waals surface area contributed by atoms with Gasteiger partial charge in [-0.05, 0) is 24.3 Å². The maximum Gasteiger partial charge on any atom is 0.243 e. The average Bonchev–Trinajstić information content (AvgIpc) is 2.66. The summed E-state index contributed by atoms with van der Waals surface area (Å²) in [6.45, 7) is 1.70. The molecular weight excluding hydrogens is 408 g/mol. The lowest BCUT2D eigenvalue weighted by Crippen LogP contribution is -2.53. The Labute approximate surface area is 170 Å². The summed E-state index contributed by atoms with van der Waals surface area (Å²) < 4.78 is 31.7. The van der Waals surface area contributed by atoms with Crippen molar-refractivity contribution in [3.05, 3.63) is 29.3 Å². The van der Waals surface area contributed by atoms with E-state index < -0.39 is 15.9 Å². The molecule has 11 heteroatoms. The average molecular weight is 433 g/mol. The Morgan fingerprint density at radius 3 is 2.29 bits per heavy atom. The van der Waals surface area contributed by atoms with Crippen LogP contribution >= 0.6 is 11.6 Å². The fourth-order valence-corrected chi connectivity index (χ4v) is 4.43. The molecular formula is C17H25ClN4O5S. The first-order valence-electron chi connectivity index (χ1n) is 8.77. The minimum atomic E-state index is -3.63. The molecule has 2 N–H and O–H groups in total. The number of rotatable bonds is 9. The zero-order valence-electron chi connectivity index (χ0n) is 15.7. The van der Waals surface area contributed by atoms with Gasteiger partial charge >= 0.3 is 0 Å². The molecule has 0 unspecified atom stereocenters. The molecule has 0 atom stereocenters. The summed E-state index contributed by atoms with van der Waals surface area (Å²) in [5, 5.41) is 0.461. The Morgan fingerprint density at radius 1 is 1.14 bits per heavy atom. The first-order valence-corrected chi connectivity index (χ1v) is 10.6. The summed E-state index contributed by atoms with van der Waals surface area (Å²) in [5.74, 6) is -0.705. The maximum atomic E-state index is 12.7. The van der Waals surface area contributed by atoms with Crippen LogP contribution in [0.25, 0.3) is 0 Å². The number of carbonyl (C=O) groups excluding carboxylic acids is 2. The fourth-order valence-electron chi connectivity index (χ4n) is 2.88. The number of benzene rings is 1. The molecule has 0 spiro atoms. The highest BCUT2D eigenvalue weighted by atomic mass is 35.5. The second-order valence-electron chi connectivity index (χ2n) is 6.41. The summed E-state index contributed by atoms with van der Waals surface area (Å²) in [4.78, 5) is 27.1. The molecule has 2 amide bonds. The highest BCUT2D eigenvalue weighted by Crippen LogP contribution is 2.20. The summed E-state index contributed by atoms with van der Waals surface area (Å²) in [5.41, 5.74) is 5.22. The van der Waals surface area contributed by atoms with Gasteiger partial charge in [0.15, 0.2) is 0 Å². The van der Waals surface area contributed by atoms with Gasteiger partial charge in [-0.25, -0.2) is 8.42 Å². The SMILES string of the molecule is COCCN(CC(N)=O)CC(=O)N1CCN(S(=O)(=O)c2ccc(Cl)cc2)CC1. The third kappa shape index (κ3) is 6.14. The third-order valence-corrected chi connectivity index (χ3v) is 6.56. The van der Waals surface area contributed by atoms with Crippen molar-refractivity contribution in [2.45, 2.75) is 4.90 Å². The van der Waals surface area contributed by atoms with E-state index in [2.05, 4.69) is 0 Å². The molecule has 28 heavy (non-hydrogen) atoms. The quantitative estimate of drug-likeness (QED) is 0.568. The normalized spacial score (nSPS) is 15.8. The number of hydrogen-bond acceptors (Lipinski definition) is 6. The van der Waals surface area contributed by atoms with Gasteiger partial charge in [0.25, 0.3) is 0 Å². The maximum absolute atomic E-state index is 12.7. The Bertz CT molecular complexity index is 779. The molecule has 0 saturated carbocycles. The number of nitrogens with two attached hydrogens (primary N) is 1. The number of hydrogen-bond donors (Lipinski definition) is 1. The third-order valence-electron chi connectivity index (χ3n) is 4.39. The lowest BCUT2D eigenvalue weighted by Gasteiger charge is -2.35. The van der Waals surface area contributed by atoms with E-state index in [1.807, 2.05) is 0 Å². The van der Waals surface area contributed by atoms with E-state index in [4.69, 9.17) is 22.1 Å². The van der Waals surface area contributed by atoms with E-state index in [1.54, 1.807) is 9.80 Å². The molecule has 0 radical (unpaired) electrons. The van der Waals surface area contributed by atoms with Crippen molar-refractivity contribution in [2.24, 2.45) is 5.73 Å². The molecule has 2 rings (SSSR count). The number of piperazine rings is 1. The lowest BCUT2D eigenvalue weighted by molar-refractivity contribution is -0.134. The minimum absolute atomic E-state index is 0.0240. The second kappa shape index (κ2) is 10.2. The van der Waals surface area contributed by atoms with Gasteiger partial charge in [0.2, 0.25) is 21.8 Å². The molecule has 1 aliphatic heterocycles. The van der Waals surface area contributed by atoms with Gasteiger partial charge in [-0.3, -0.25) is 14.5 Å². The molecule has 1 aliphatic rings. The van der Waals surface area contributed by atoms with Crippen molar-refractivity contribution in [3.8, 4) is 0 Å². The van der Waals surface area contributed by atoms with Gasteiger partial charge in [0.05, 0.1) is 24.6 Å². The molecule has 156 valence electrons. The van der Waals surface area contributed by atoms with Crippen molar-refractivity contribution in [3.63, 3.8) is 0 Å². The number of ether oxygens (including phenoxy) is 1. The van der Waals surface area contributed by atoms with Crippen LogP contribution in [-0.4, -0.2) is 93.9 Å². The Morgan fingerprint density at radius 2 is 1.75 bits per heavy atom. The number of amides is 2. The van der Waals surface area contributed by atoms with Crippen LogP contribution < -0.4 is 5.73 Å². The molecule has 1 saturated heterocycles. The van der Waals surface area contributed by atoms with Gasteiger partial charge in [-0.15, -0.1) is 0 Å². The first kappa shape index (κ1) is 22.6. The lowest BCUT2D eigenvalue weighted by atomic mass is 10.3. The van der Waals surface area contributed by atoms with Crippen LogP contribution in [-0.2, 0) is 24.3 Å². The highest BCUT2D eigenvalue weighted by Gasteiger charge is 2.30. The van der Waals surface area contributed by atoms with Crippen molar-refractivity contribution in [2.75, 3.05) is 59.5 Å². The highest BCUT2D eigenvalue weighted by molar-refractivity contribution is 7.89. The van der Waals surface area contributed by atoms with Crippen LogP contribution in [0.4, 0.5) is 0 Å². The Balaban J connectivity index is 1.93. The number of carbonyl (C=O) groups is 2. The van der Waals surface area contributed by atoms with E-state index in [9.17, 15) is 18.0 Å². The predicted octanol–water partition coefficient (Wildman–Crippen LogP) is -0.393. The summed E-state index contributed by atoms with van der Waals surface area (Å²) in [6, 6.07) is 5.99. The van der Waals surface area contributed by atoms with Crippen LogP contribution in [0.1, 0.15) is 0 Å². The predicted molar refractivity (Wildman–Crippen MR) is 104 cm³/mol. The zero-order chi connectivity index (χ0) is 20.7. The summed E-state index contributed by atoms with van der Waals surface area (Å²) >= 11 is 5.81. The smallest absolute Gasteiger partial charge is 0.243 e. The number of methoxy groups -OCH3 is 1. The summed E-state index contributed by atoms with van der Waals surface area (Å²) in [6.07, 6.45) is 0. The van der Waals surface area contributed by atoms with Crippen molar-refractivity contribution in [1.82, 2.24) is 14.1 Å². The van der Waals surface area contributed by atoms with Gasteiger partial charge < -0.3 is 15.4 Å². The van der Waals surface area contributed by atoms with E-state index in [0.29, 0.717) is 18.2 Å². The molecule has 0 bridgehead atoms. The van der Waals surface area contributed by atoms with Crippen LogP contribution in [0.3, 0.4) is 0 Å². The number of halogens is 1. The molecule has 0 aliphatic carbocycles. The molecule has 1 fully saturated rings. The van der Waals surface area contributed by atoms with Crippen LogP contribution in [0.5, 0.6) is 0 Å². The zero-order valence-corrected chi connectivity index (χ0v) is 17.3. The molecule has 1 heterocycles. The van der Waals surface area contributed by atoms with Gasteiger partial charge in [0.1, 0.15) is 0 Å². The van der Waals surface area contributed by atoms with E-state index >= 15 is 0 Å². The second-order valence-corrected chi connectivity index (χ2v) is 8.78. The number of primary amides is 1. The standard InChI is InChI=1S/C17H25ClN4O5S/c1-27-11-10-20(12-16(19)23)13-17(24)21-6-8-22(9-7-21)28(25,26)15-4-2-14(18)3-5-15/h2-5H,6-13H2,1H3,(H2,19,23). The van der Waals surface area contributed by atoms with E-state index in [-0.39, 0.29) is 50.1 Å². The van der Waals surface area contributed by atoms with Crippen molar-refractivity contribution >= 4 is 33.4 Å². The van der Waals surface area contributed by atoms with Crippen LogP contribution in [0.2, 0.25) is 5.02 Å². The monoisotopic (exact) mass is 432 g/mol. The fraction of sp³-hybridized carbons (Fsp3) is 0.529. The van der Waals surface area contributed by atoms with Gasteiger partial charge in [0, 0.05) is 44.9 Å². The van der Waals surface area contributed by atoms with E-state index in [0.717, 1.165) is 0 Å². The van der Waals surface area contributed by atoms with E-state index in [1.165, 1.54) is 35.7 Å². The summed E-state index contributed by atoms with van der Waals surface area (Å²) in [7, 11) is -2.10. The van der Waals surface area contributed by atoms with Crippen molar-refractivity contribution < 1.29 is 22.7 Å². The topological polar surface area (TPSA) is 113 Å². The van der Waals surface area contributed by atoms with Crippen LogP contribution in [0, 0.1) is 0 Å². The number of sulfonamides is 1. The number of nitrogens with zero attached hydrogens (tertiary/aromatic N) is 3. The molecule has 1 aromatic carbocycles.